The number of hydrogen-bond donors (Lipinski definition) is 1. The second-order valence-electron chi connectivity index (χ2n) is 6.16. The standard InChI is InChI=1S/C20H20Cl2N2O6S/c1-4-29-14(25)9-31-19-11(8-23)15(16(18(26)24-19)20(27)28-3)10-6-12(21)17(30-5-2)13(22)7-10/h6-7,15-16H,4-5,9H2,1-3H3,(H,24,26)/t15-,16-/m0/s1. The van der Waals surface area contributed by atoms with Gasteiger partial charge in [-0.1, -0.05) is 35.0 Å². The van der Waals surface area contributed by atoms with Crippen molar-refractivity contribution in [1.82, 2.24) is 5.32 Å². The molecule has 166 valence electrons. The number of halogens is 2. The molecule has 0 radical (unpaired) electrons. The number of allylic oxidation sites excluding steroid dienone is 1. The molecule has 31 heavy (non-hydrogen) atoms. The molecule has 0 saturated heterocycles. The molecule has 0 saturated carbocycles. The van der Waals surface area contributed by atoms with Gasteiger partial charge in [0.15, 0.2) is 5.75 Å². The van der Waals surface area contributed by atoms with Crippen LogP contribution < -0.4 is 10.1 Å². The molecule has 1 aromatic rings. The third kappa shape index (κ3) is 5.64. The summed E-state index contributed by atoms with van der Waals surface area (Å²) in [7, 11) is 1.14. The maximum Gasteiger partial charge on any atom is 0.319 e. The first-order valence-electron chi connectivity index (χ1n) is 9.22. The van der Waals surface area contributed by atoms with E-state index in [9.17, 15) is 19.6 Å². The molecule has 0 aromatic heterocycles. The lowest BCUT2D eigenvalue weighted by atomic mass is 9.78. The summed E-state index contributed by atoms with van der Waals surface area (Å²) < 4.78 is 15.1. The summed E-state index contributed by atoms with van der Waals surface area (Å²) >= 11 is 13.5. The van der Waals surface area contributed by atoms with E-state index in [-0.39, 0.29) is 38.8 Å². The Morgan fingerprint density at radius 2 is 1.87 bits per heavy atom. The molecule has 2 atom stereocenters. The van der Waals surface area contributed by atoms with Gasteiger partial charge in [0, 0.05) is 5.92 Å². The summed E-state index contributed by atoms with van der Waals surface area (Å²) in [5, 5.41) is 12.9. The van der Waals surface area contributed by atoms with Crippen molar-refractivity contribution in [3.8, 4) is 11.8 Å². The van der Waals surface area contributed by atoms with Gasteiger partial charge in [0.25, 0.3) is 0 Å². The zero-order valence-corrected chi connectivity index (χ0v) is 19.3. The highest BCUT2D eigenvalue weighted by Gasteiger charge is 2.44. The van der Waals surface area contributed by atoms with E-state index in [0.29, 0.717) is 12.2 Å². The Balaban J connectivity index is 2.59. The number of nitriles is 1. The zero-order chi connectivity index (χ0) is 23.1. The number of amides is 1. The van der Waals surface area contributed by atoms with Crippen LogP contribution in [-0.2, 0) is 23.9 Å². The van der Waals surface area contributed by atoms with Crippen molar-refractivity contribution in [3.05, 3.63) is 38.3 Å². The lowest BCUT2D eigenvalue weighted by Gasteiger charge is -2.31. The van der Waals surface area contributed by atoms with Gasteiger partial charge in [0.1, 0.15) is 5.92 Å². The van der Waals surface area contributed by atoms with E-state index in [4.69, 9.17) is 37.4 Å². The maximum atomic E-state index is 12.8. The third-order valence-corrected chi connectivity index (χ3v) is 5.84. The Morgan fingerprint density at radius 3 is 2.39 bits per heavy atom. The van der Waals surface area contributed by atoms with E-state index >= 15 is 0 Å². The molecule has 1 aliphatic rings. The molecule has 1 aromatic carbocycles. The number of thioether (sulfide) groups is 1. The van der Waals surface area contributed by atoms with Crippen molar-refractivity contribution in [2.75, 3.05) is 26.1 Å². The number of nitrogens with one attached hydrogen (secondary N) is 1. The fraction of sp³-hybridized carbons (Fsp3) is 0.400. The van der Waals surface area contributed by atoms with Crippen molar-refractivity contribution in [3.63, 3.8) is 0 Å². The van der Waals surface area contributed by atoms with Gasteiger partial charge < -0.3 is 19.5 Å². The first kappa shape index (κ1) is 24.9. The summed E-state index contributed by atoms with van der Waals surface area (Å²) in [5.74, 6) is -4.27. The van der Waals surface area contributed by atoms with E-state index in [0.717, 1.165) is 18.9 Å². The lowest BCUT2D eigenvalue weighted by Crippen LogP contribution is -2.44. The number of hydrogen-bond acceptors (Lipinski definition) is 8. The Labute approximate surface area is 193 Å². The second-order valence-corrected chi connectivity index (χ2v) is 7.96. The average Bonchev–Trinajstić information content (AvgIpc) is 2.73. The van der Waals surface area contributed by atoms with Crippen LogP contribution in [0.4, 0.5) is 0 Å². The van der Waals surface area contributed by atoms with Gasteiger partial charge in [-0.3, -0.25) is 14.4 Å². The van der Waals surface area contributed by atoms with Gasteiger partial charge in [-0.2, -0.15) is 5.26 Å². The molecular weight excluding hydrogens is 467 g/mol. The molecule has 0 fully saturated rings. The van der Waals surface area contributed by atoms with Crippen LogP contribution in [0.25, 0.3) is 0 Å². The molecule has 1 aliphatic heterocycles. The lowest BCUT2D eigenvalue weighted by molar-refractivity contribution is -0.150. The van der Waals surface area contributed by atoms with Crippen molar-refractivity contribution in [2.45, 2.75) is 19.8 Å². The number of esters is 2. The van der Waals surface area contributed by atoms with Gasteiger partial charge in [-0.05, 0) is 31.5 Å². The highest BCUT2D eigenvalue weighted by atomic mass is 35.5. The number of rotatable bonds is 8. The fourth-order valence-corrected chi connectivity index (χ4v) is 4.51. The molecule has 0 aliphatic carbocycles. The van der Waals surface area contributed by atoms with Gasteiger partial charge in [0.05, 0.1) is 52.8 Å². The summed E-state index contributed by atoms with van der Waals surface area (Å²) in [4.78, 5) is 37.0. The Kier molecular flexibility index (Phi) is 9.04. The van der Waals surface area contributed by atoms with Crippen LogP contribution in [0.15, 0.2) is 22.7 Å². The fourth-order valence-electron chi connectivity index (χ4n) is 3.05. The van der Waals surface area contributed by atoms with Crippen LogP contribution >= 0.6 is 35.0 Å². The van der Waals surface area contributed by atoms with E-state index in [1.54, 1.807) is 13.8 Å². The minimum atomic E-state index is -1.35. The smallest absolute Gasteiger partial charge is 0.319 e. The van der Waals surface area contributed by atoms with Gasteiger partial charge in [-0.15, -0.1) is 0 Å². The molecule has 8 nitrogen and oxygen atoms in total. The molecular formula is C20H20Cl2N2O6S. The number of benzene rings is 1. The molecule has 0 unspecified atom stereocenters. The summed E-state index contributed by atoms with van der Waals surface area (Å²) in [6.45, 7) is 3.96. The molecule has 11 heteroatoms. The number of carbonyl (C=O) groups is 3. The predicted molar refractivity (Wildman–Crippen MR) is 116 cm³/mol. The monoisotopic (exact) mass is 486 g/mol. The summed E-state index contributed by atoms with van der Waals surface area (Å²) in [5.41, 5.74) is 0.426. The van der Waals surface area contributed by atoms with E-state index in [1.807, 2.05) is 6.07 Å². The second kappa shape index (κ2) is 11.3. The maximum absolute atomic E-state index is 12.8. The molecule has 0 bridgehead atoms. The summed E-state index contributed by atoms with van der Waals surface area (Å²) in [6.07, 6.45) is 0. The zero-order valence-electron chi connectivity index (χ0n) is 17.0. The highest BCUT2D eigenvalue weighted by Crippen LogP contribution is 2.44. The van der Waals surface area contributed by atoms with Gasteiger partial charge in [0.2, 0.25) is 5.91 Å². The van der Waals surface area contributed by atoms with E-state index in [2.05, 4.69) is 5.32 Å². The Bertz CT molecular complexity index is 936. The SMILES string of the molecule is CCOC(=O)CSC1=C(C#N)[C@H](c2cc(Cl)c(OCC)c(Cl)c2)[C@H](C(=O)OC)C(=O)N1. The average molecular weight is 487 g/mol. The van der Waals surface area contributed by atoms with Crippen LogP contribution in [0.1, 0.15) is 25.3 Å². The topological polar surface area (TPSA) is 115 Å². The number of methoxy groups -OCH3 is 1. The first-order chi connectivity index (χ1) is 14.8. The van der Waals surface area contributed by atoms with E-state index in [1.165, 1.54) is 12.1 Å². The number of nitrogens with zero attached hydrogens (tertiary/aromatic N) is 1. The predicted octanol–water partition coefficient (Wildman–Crippen LogP) is 3.43. The van der Waals surface area contributed by atoms with Crippen LogP contribution in [0.3, 0.4) is 0 Å². The quantitative estimate of drug-likeness (QED) is 0.438. The third-order valence-electron chi connectivity index (χ3n) is 4.29. The van der Waals surface area contributed by atoms with Crippen molar-refractivity contribution in [2.24, 2.45) is 5.92 Å². The minimum Gasteiger partial charge on any atom is -0.491 e. The van der Waals surface area contributed by atoms with Gasteiger partial charge >= 0.3 is 11.9 Å². The molecule has 2 rings (SSSR count). The van der Waals surface area contributed by atoms with Crippen LogP contribution in [0.5, 0.6) is 5.75 Å². The first-order valence-corrected chi connectivity index (χ1v) is 11.0. The molecule has 1 heterocycles. The van der Waals surface area contributed by atoms with Gasteiger partial charge in [-0.25, -0.2) is 0 Å². The molecule has 1 N–H and O–H groups in total. The number of ether oxygens (including phenoxy) is 3. The normalized spacial score (nSPS) is 18.1. The summed E-state index contributed by atoms with van der Waals surface area (Å²) in [6, 6.07) is 5.01. The van der Waals surface area contributed by atoms with Crippen molar-refractivity contribution in [1.29, 1.82) is 5.26 Å². The number of carbonyl (C=O) groups excluding carboxylic acids is 3. The Hall–Kier alpha value is -2.41. The minimum absolute atomic E-state index is 0.0700. The van der Waals surface area contributed by atoms with Crippen LogP contribution in [0.2, 0.25) is 10.0 Å². The van der Waals surface area contributed by atoms with E-state index < -0.39 is 29.7 Å². The molecule has 0 spiro atoms. The van der Waals surface area contributed by atoms with Crippen LogP contribution in [-0.4, -0.2) is 43.9 Å². The van der Waals surface area contributed by atoms with Crippen molar-refractivity contribution < 1.29 is 28.6 Å². The largest absolute Gasteiger partial charge is 0.491 e. The highest BCUT2D eigenvalue weighted by molar-refractivity contribution is 8.03. The molecule has 1 amide bonds. The van der Waals surface area contributed by atoms with Crippen molar-refractivity contribution >= 4 is 52.8 Å². The van der Waals surface area contributed by atoms with Crippen LogP contribution in [0, 0.1) is 17.2 Å². The Morgan fingerprint density at radius 1 is 1.23 bits per heavy atom.